The van der Waals surface area contributed by atoms with E-state index in [1.807, 2.05) is 24.3 Å². The van der Waals surface area contributed by atoms with Gasteiger partial charge in [-0.2, -0.15) is 0 Å². The number of carbonyl (C=O) groups is 2. The molecule has 1 atom stereocenters. The van der Waals surface area contributed by atoms with Gasteiger partial charge in [0.25, 0.3) is 5.91 Å². The van der Waals surface area contributed by atoms with Crippen LogP contribution in [0.25, 0.3) is 0 Å². The lowest BCUT2D eigenvalue weighted by Gasteiger charge is -2.29. The highest BCUT2D eigenvalue weighted by molar-refractivity contribution is 6.05. The fourth-order valence-electron chi connectivity index (χ4n) is 4.11. The number of aryl methyl sites for hydroxylation is 1. The third-order valence-electron chi connectivity index (χ3n) is 5.59. The molecule has 0 spiro atoms. The number of amides is 2. The van der Waals surface area contributed by atoms with E-state index in [2.05, 4.69) is 16.3 Å². The first-order valence-electron chi connectivity index (χ1n) is 9.78. The van der Waals surface area contributed by atoms with Gasteiger partial charge in [-0.25, -0.2) is 0 Å². The third kappa shape index (κ3) is 3.73. The number of hydrogen-bond acceptors (Lipinski definition) is 4. The lowest BCUT2D eigenvalue weighted by atomic mass is 9.82. The van der Waals surface area contributed by atoms with Crippen molar-refractivity contribution in [1.29, 1.82) is 0 Å². The number of ether oxygens (including phenoxy) is 1. The molecule has 146 valence electrons. The minimum Gasteiger partial charge on any atom is -0.378 e. The molecule has 3 N–H and O–H groups in total. The Hall–Kier alpha value is -2.86. The molecule has 2 aromatic rings. The summed E-state index contributed by atoms with van der Waals surface area (Å²) in [5, 5.41) is 2.95. The van der Waals surface area contributed by atoms with Crippen LogP contribution in [0.4, 0.5) is 11.4 Å². The second-order valence-electron chi connectivity index (χ2n) is 7.33. The van der Waals surface area contributed by atoms with E-state index < -0.39 is 5.91 Å². The van der Waals surface area contributed by atoms with Crippen molar-refractivity contribution in [2.24, 2.45) is 5.73 Å². The molecule has 0 bridgehead atoms. The summed E-state index contributed by atoms with van der Waals surface area (Å²) in [5.41, 5.74) is 9.64. The first kappa shape index (κ1) is 18.5. The Morgan fingerprint density at radius 3 is 2.68 bits per heavy atom. The van der Waals surface area contributed by atoms with Crippen LogP contribution >= 0.6 is 0 Å². The lowest BCUT2D eigenvalue weighted by Crippen LogP contribution is -2.36. The molecular weight excluding hydrogens is 354 g/mol. The normalized spacial score (nSPS) is 19.0. The summed E-state index contributed by atoms with van der Waals surface area (Å²) in [6, 6.07) is 13.5. The van der Waals surface area contributed by atoms with E-state index in [0.29, 0.717) is 24.5 Å². The van der Waals surface area contributed by atoms with Crippen molar-refractivity contribution in [1.82, 2.24) is 0 Å². The van der Waals surface area contributed by atoms with Gasteiger partial charge in [-0.3, -0.25) is 9.59 Å². The summed E-state index contributed by atoms with van der Waals surface area (Å²) < 4.78 is 5.38. The summed E-state index contributed by atoms with van der Waals surface area (Å²) in [5.74, 6) is -0.840. The second kappa shape index (κ2) is 8.02. The van der Waals surface area contributed by atoms with E-state index in [9.17, 15) is 9.59 Å². The molecule has 1 heterocycles. The SMILES string of the molecule is NC(=O)c1cc(N2CCOCC2)ccc1NC(=O)[C@@H]1CCCc2ccccc21. The van der Waals surface area contributed by atoms with Gasteiger partial charge in [0, 0.05) is 18.8 Å². The van der Waals surface area contributed by atoms with Gasteiger partial charge < -0.3 is 20.7 Å². The zero-order valence-corrected chi connectivity index (χ0v) is 15.8. The molecule has 1 aliphatic carbocycles. The fraction of sp³-hybridized carbons (Fsp3) is 0.364. The Morgan fingerprint density at radius 2 is 1.89 bits per heavy atom. The van der Waals surface area contributed by atoms with E-state index in [0.717, 1.165) is 43.6 Å². The summed E-state index contributed by atoms with van der Waals surface area (Å²) in [6.07, 6.45) is 2.79. The van der Waals surface area contributed by atoms with Crippen molar-refractivity contribution < 1.29 is 14.3 Å². The summed E-state index contributed by atoms with van der Waals surface area (Å²) in [4.78, 5) is 27.2. The number of morpholine rings is 1. The molecule has 6 nitrogen and oxygen atoms in total. The van der Waals surface area contributed by atoms with Crippen molar-refractivity contribution in [3.63, 3.8) is 0 Å². The van der Waals surface area contributed by atoms with Gasteiger partial charge in [0.15, 0.2) is 0 Å². The maximum absolute atomic E-state index is 13.0. The number of hydrogen-bond donors (Lipinski definition) is 2. The first-order chi connectivity index (χ1) is 13.6. The molecule has 6 heteroatoms. The van der Waals surface area contributed by atoms with Crippen molar-refractivity contribution in [2.45, 2.75) is 25.2 Å². The van der Waals surface area contributed by atoms with Gasteiger partial charge in [-0.15, -0.1) is 0 Å². The van der Waals surface area contributed by atoms with E-state index in [1.165, 1.54) is 5.56 Å². The molecule has 4 rings (SSSR count). The number of carbonyl (C=O) groups excluding carboxylic acids is 2. The summed E-state index contributed by atoms with van der Waals surface area (Å²) >= 11 is 0. The summed E-state index contributed by atoms with van der Waals surface area (Å²) in [7, 11) is 0. The van der Waals surface area contributed by atoms with E-state index >= 15 is 0 Å². The monoisotopic (exact) mass is 379 g/mol. The van der Waals surface area contributed by atoms with Crippen molar-refractivity contribution >= 4 is 23.2 Å². The number of nitrogens with two attached hydrogens (primary N) is 1. The number of benzene rings is 2. The second-order valence-corrected chi connectivity index (χ2v) is 7.33. The highest BCUT2D eigenvalue weighted by Crippen LogP contribution is 2.33. The largest absolute Gasteiger partial charge is 0.378 e. The number of anilines is 2. The standard InChI is InChI=1S/C22H25N3O3/c23-21(26)19-14-16(25-10-12-28-13-11-25)8-9-20(19)24-22(27)18-7-3-5-15-4-1-2-6-17(15)18/h1-2,4,6,8-9,14,18H,3,5,7,10-13H2,(H2,23,26)(H,24,27)/t18-/m1/s1. The van der Waals surface area contributed by atoms with Gasteiger partial charge in [-0.05, 0) is 48.6 Å². The zero-order chi connectivity index (χ0) is 19.5. The Labute approximate surface area is 164 Å². The lowest BCUT2D eigenvalue weighted by molar-refractivity contribution is -0.117. The molecule has 2 amide bonds. The average Bonchev–Trinajstić information content (AvgIpc) is 2.74. The van der Waals surface area contributed by atoms with Crippen LogP contribution in [0.15, 0.2) is 42.5 Å². The van der Waals surface area contributed by atoms with E-state index in [4.69, 9.17) is 10.5 Å². The highest BCUT2D eigenvalue weighted by Gasteiger charge is 2.27. The average molecular weight is 379 g/mol. The van der Waals surface area contributed by atoms with Crippen LogP contribution in [0.5, 0.6) is 0 Å². The Kier molecular flexibility index (Phi) is 5.30. The molecule has 2 aromatic carbocycles. The number of nitrogens with zero attached hydrogens (tertiary/aromatic N) is 1. The molecular formula is C22H25N3O3. The van der Waals surface area contributed by atoms with Crippen LogP contribution < -0.4 is 16.0 Å². The Balaban J connectivity index is 1.57. The molecule has 0 radical (unpaired) electrons. The smallest absolute Gasteiger partial charge is 0.250 e. The van der Waals surface area contributed by atoms with Crippen LogP contribution in [0.3, 0.4) is 0 Å². The van der Waals surface area contributed by atoms with E-state index in [1.54, 1.807) is 12.1 Å². The molecule has 1 saturated heterocycles. The molecule has 0 saturated carbocycles. The Morgan fingerprint density at radius 1 is 1.11 bits per heavy atom. The van der Waals surface area contributed by atoms with Crippen molar-refractivity contribution in [3.05, 3.63) is 59.2 Å². The molecule has 0 unspecified atom stereocenters. The topological polar surface area (TPSA) is 84.7 Å². The molecule has 2 aliphatic rings. The molecule has 28 heavy (non-hydrogen) atoms. The minimum absolute atomic E-state index is 0.0891. The number of primary amides is 1. The van der Waals surface area contributed by atoms with E-state index in [-0.39, 0.29) is 11.8 Å². The predicted molar refractivity (Wildman–Crippen MR) is 109 cm³/mol. The maximum Gasteiger partial charge on any atom is 0.250 e. The third-order valence-corrected chi connectivity index (χ3v) is 5.59. The van der Waals surface area contributed by atoms with Crippen LogP contribution in [-0.4, -0.2) is 38.1 Å². The number of nitrogens with one attached hydrogen (secondary N) is 1. The minimum atomic E-state index is -0.547. The van der Waals surface area contributed by atoms with Crippen LogP contribution in [0.2, 0.25) is 0 Å². The van der Waals surface area contributed by atoms with Crippen molar-refractivity contribution in [2.75, 3.05) is 36.5 Å². The first-order valence-corrected chi connectivity index (χ1v) is 9.78. The highest BCUT2D eigenvalue weighted by atomic mass is 16.5. The van der Waals surface area contributed by atoms with Crippen LogP contribution in [0.1, 0.15) is 40.2 Å². The molecule has 1 aliphatic heterocycles. The fourth-order valence-corrected chi connectivity index (χ4v) is 4.11. The quantitative estimate of drug-likeness (QED) is 0.855. The van der Waals surface area contributed by atoms with Gasteiger partial charge in [0.05, 0.1) is 30.4 Å². The van der Waals surface area contributed by atoms with Gasteiger partial charge in [0.2, 0.25) is 5.91 Å². The molecule has 0 aromatic heterocycles. The van der Waals surface area contributed by atoms with Crippen LogP contribution in [0, 0.1) is 0 Å². The van der Waals surface area contributed by atoms with Crippen LogP contribution in [-0.2, 0) is 16.0 Å². The maximum atomic E-state index is 13.0. The number of rotatable bonds is 4. The Bertz CT molecular complexity index is 890. The number of fused-ring (bicyclic) bond motifs is 1. The van der Waals surface area contributed by atoms with Gasteiger partial charge >= 0.3 is 0 Å². The molecule has 1 fully saturated rings. The van der Waals surface area contributed by atoms with Gasteiger partial charge in [-0.1, -0.05) is 24.3 Å². The van der Waals surface area contributed by atoms with Crippen molar-refractivity contribution in [3.8, 4) is 0 Å². The summed E-state index contributed by atoms with van der Waals surface area (Å²) in [6.45, 7) is 2.85. The van der Waals surface area contributed by atoms with Gasteiger partial charge in [0.1, 0.15) is 0 Å². The predicted octanol–water partition coefficient (Wildman–Crippen LogP) is 2.68. The zero-order valence-electron chi connectivity index (χ0n) is 15.8.